The van der Waals surface area contributed by atoms with E-state index < -0.39 is 0 Å². The van der Waals surface area contributed by atoms with Crippen molar-refractivity contribution in [2.75, 3.05) is 36.5 Å². The smallest absolute Gasteiger partial charge is 0.264 e. The Bertz CT molecular complexity index is 1040. The Morgan fingerprint density at radius 3 is 2.54 bits per heavy atom. The summed E-state index contributed by atoms with van der Waals surface area (Å²) in [7, 11) is 1.68. The third-order valence-electron chi connectivity index (χ3n) is 4.56. The third-order valence-corrected chi connectivity index (χ3v) is 4.56. The molecule has 9 heteroatoms. The average molecular weight is 381 g/mol. The van der Waals surface area contributed by atoms with Gasteiger partial charge in [0.2, 0.25) is 5.95 Å². The summed E-state index contributed by atoms with van der Waals surface area (Å²) in [6.45, 7) is 6.93. The lowest BCUT2D eigenvalue weighted by atomic mass is 10.1. The van der Waals surface area contributed by atoms with Crippen LogP contribution < -0.4 is 15.8 Å². The zero-order valence-electron chi connectivity index (χ0n) is 16.2. The molecule has 3 aromatic heterocycles. The van der Waals surface area contributed by atoms with Gasteiger partial charge in [-0.1, -0.05) is 0 Å². The molecule has 0 bridgehead atoms. The number of aromatic nitrogens is 5. The van der Waals surface area contributed by atoms with Gasteiger partial charge in [0.25, 0.3) is 5.56 Å². The molecular formula is C19H23N7O2. The molecule has 0 aromatic carbocycles. The van der Waals surface area contributed by atoms with Crippen LogP contribution in [-0.2, 0) is 11.8 Å². The highest BCUT2D eigenvalue weighted by atomic mass is 16.5. The molecule has 1 N–H and O–H groups in total. The topological polar surface area (TPSA) is 98.1 Å². The summed E-state index contributed by atoms with van der Waals surface area (Å²) in [5.74, 6) is 1.20. The summed E-state index contributed by atoms with van der Waals surface area (Å²) >= 11 is 0. The van der Waals surface area contributed by atoms with Gasteiger partial charge in [-0.25, -0.2) is 19.9 Å². The van der Waals surface area contributed by atoms with Gasteiger partial charge in [0.1, 0.15) is 11.2 Å². The molecular weight excluding hydrogens is 358 g/mol. The first-order valence-corrected chi connectivity index (χ1v) is 9.31. The number of hydrogen-bond acceptors (Lipinski definition) is 8. The van der Waals surface area contributed by atoms with Crippen molar-refractivity contribution in [1.29, 1.82) is 0 Å². The van der Waals surface area contributed by atoms with Crippen molar-refractivity contribution in [2.45, 2.75) is 19.9 Å². The second kappa shape index (κ2) is 7.51. The van der Waals surface area contributed by atoms with Gasteiger partial charge < -0.3 is 19.5 Å². The van der Waals surface area contributed by atoms with Crippen LogP contribution in [0, 0.1) is 0 Å². The number of morpholine rings is 1. The Hall–Kier alpha value is -3.07. The number of aryl methyl sites for hydroxylation is 1. The number of pyridine rings is 1. The van der Waals surface area contributed by atoms with Gasteiger partial charge in [-0.05, 0) is 19.9 Å². The molecule has 0 radical (unpaired) electrons. The normalized spacial score (nSPS) is 14.6. The maximum Gasteiger partial charge on any atom is 0.264 e. The molecule has 0 spiro atoms. The molecule has 0 saturated carbocycles. The Morgan fingerprint density at radius 2 is 1.86 bits per heavy atom. The molecule has 1 fully saturated rings. The molecule has 28 heavy (non-hydrogen) atoms. The van der Waals surface area contributed by atoms with E-state index in [1.54, 1.807) is 25.5 Å². The van der Waals surface area contributed by atoms with Gasteiger partial charge >= 0.3 is 0 Å². The van der Waals surface area contributed by atoms with Crippen LogP contribution >= 0.6 is 0 Å². The van der Waals surface area contributed by atoms with E-state index in [0.717, 1.165) is 18.7 Å². The van der Waals surface area contributed by atoms with Crippen LogP contribution in [0.5, 0.6) is 0 Å². The number of fused-ring (bicyclic) bond motifs is 1. The Balaban J connectivity index is 1.76. The van der Waals surface area contributed by atoms with Gasteiger partial charge in [-0.3, -0.25) is 4.79 Å². The highest BCUT2D eigenvalue weighted by Crippen LogP contribution is 2.25. The number of hydrogen-bond donors (Lipinski definition) is 1. The van der Waals surface area contributed by atoms with E-state index in [9.17, 15) is 4.79 Å². The van der Waals surface area contributed by atoms with E-state index in [1.807, 2.05) is 13.8 Å². The molecule has 0 atom stereocenters. The average Bonchev–Trinajstić information content (AvgIpc) is 2.71. The van der Waals surface area contributed by atoms with Crippen LogP contribution in [0.4, 0.5) is 11.8 Å². The minimum atomic E-state index is -0.133. The van der Waals surface area contributed by atoms with E-state index in [2.05, 4.69) is 30.2 Å². The predicted octanol–water partition coefficient (Wildman–Crippen LogP) is 1.44. The first kappa shape index (κ1) is 18.3. The van der Waals surface area contributed by atoms with Crippen molar-refractivity contribution < 1.29 is 4.74 Å². The fourth-order valence-electron chi connectivity index (χ4n) is 3.13. The van der Waals surface area contributed by atoms with Crippen LogP contribution in [-0.4, -0.2) is 56.8 Å². The van der Waals surface area contributed by atoms with E-state index in [1.165, 1.54) is 10.9 Å². The van der Waals surface area contributed by atoms with E-state index in [-0.39, 0.29) is 11.6 Å². The summed E-state index contributed by atoms with van der Waals surface area (Å²) < 4.78 is 6.82. The monoisotopic (exact) mass is 381 g/mol. The van der Waals surface area contributed by atoms with Crippen molar-refractivity contribution in [2.24, 2.45) is 7.05 Å². The first-order valence-electron chi connectivity index (χ1n) is 9.31. The summed E-state index contributed by atoms with van der Waals surface area (Å²) in [6.07, 6.45) is 5.03. The maximum atomic E-state index is 12.6. The fourth-order valence-corrected chi connectivity index (χ4v) is 3.13. The van der Waals surface area contributed by atoms with Gasteiger partial charge in [-0.15, -0.1) is 0 Å². The van der Waals surface area contributed by atoms with Crippen molar-refractivity contribution in [1.82, 2.24) is 24.5 Å². The van der Waals surface area contributed by atoms with Crippen molar-refractivity contribution in [3.8, 4) is 11.3 Å². The highest BCUT2D eigenvalue weighted by Gasteiger charge is 2.16. The van der Waals surface area contributed by atoms with Gasteiger partial charge in [0.05, 0.1) is 30.8 Å². The molecule has 1 saturated heterocycles. The number of nitrogens with zero attached hydrogens (tertiary/aromatic N) is 6. The first-order chi connectivity index (χ1) is 13.5. The van der Waals surface area contributed by atoms with Gasteiger partial charge in [0, 0.05) is 44.1 Å². The molecule has 0 amide bonds. The maximum absolute atomic E-state index is 12.6. The lowest BCUT2D eigenvalue weighted by Gasteiger charge is -2.26. The van der Waals surface area contributed by atoms with E-state index in [0.29, 0.717) is 41.6 Å². The zero-order chi connectivity index (χ0) is 19.7. The van der Waals surface area contributed by atoms with Crippen molar-refractivity contribution >= 4 is 22.7 Å². The van der Waals surface area contributed by atoms with Crippen molar-refractivity contribution in [3.05, 3.63) is 35.1 Å². The predicted molar refractivity (Wildman–Crippen MR) is 108 cm³/mol. The SMILES string of the molecule is CC(C)Nc1nc(-c2cnc(N3CCOCC3)nc2)cc2ncn(C)c(=O)c12. The molecule has 1 aliphatic heterocycles. The number of ether oxygens (including phenoxy) is 1. The second-order valence-corrected chi connectivity index (χ2v) is 7.08. The van der Waals surface area contributed by atoms with Crippen molar-refractivity contribution in [3.63, 3.8) is 0 Å². The van der Waals surface area contributed by atoms with Crippen LogP contribution in [0.25, 0.3) is 22.2 Å². The van der Waals surface area contributed by atoms with Gasteiger partial charge in [0.15, 0.2) is 0 Å². The molecule has 4 rings (SSSR count). The minimum Gasteiger partial charge on any atom is -0.378 e. The van der Waals surface area contributed by atoms with E-state index in [4.69, 9.17) is 4.74 Å². The summed E-state index contributed by atoms with van der Waals surface area (Å²) in [4.78, 5) is 32.8. The number of rotatable bonds is 4. The Labute approximate surface area is 162 Å². The van der Waals surface area contributed by atoms with E-state index >= 15 is 0 Å². The lowest BCUT2D eigenvalue weighted by Crippen LogP contribution is -2.37. The fraction of sp³-hybridized carbons (Fsp3) is 0.421. The molecule has 4 heterocycles. The second-order valence-electron chi connectivity index (χ2n) is 7.08. The summed E-state index contributed by atoms with van der Waals surface area (Å²) in [6, 6.07) is 1.92. The molecule has 3 aromatic rings. The lowest BCUT2D eigenvalue weighted by molar-refractivity contribution is 0.122. The Kier molecular flexibility index (Phi) is 4.91. The standard InChI is InChI=1S/C19H23N7O2/c1-12(2)23-17-16-15(22-11-25(3)18(16)27)8-14(24-17)13-9-20-19(21-10-13)26-4-6-28-7-5-26/h8-12H,4-7H2,1-3H3,(H,23,24). The number of nitrogens with one attached hydrogen (secondary N) is 1. The van der Waals surface area contributed by atoms with Crippen LogP contribution in [0.1, 0.15) is 13.8 Å². The molecule has 9 nitrogen and oxygen atoms in total. The molecule has 1 aliphatic rings. The highest BCUT2D eigenvalue weighted by molar-refractivity contribution is 5.91. The molecule has 0 unspecified atom stereocenters. The largest absolute Gasteiger partial charge is 0.378 e. The summed E-state index contributed by atoms with van der Waals surface area (Å²) in [5.41, 5.74) is 1.90. The summed E-state index contributed by atoms with van der Waals surface area (Å²) in [5, 5.41) is 3.74. The number of anilines is 2. The molecule has 146 valence electrons. The zero-order valence-corrected chi connectivity index (χ0v) is 16.2. The van der Waals surface area contributed by atoms with Crippen LogP contribution in [0.2, 0.25) is 0 Å². The van der Waals surface area contributed by atoms with Crippen LogP contribution in [0.3, 0.4) is 0 Å². The Morgan fingerprint density at radius 1 is 1.14 bits per heavy atom. The van der Waals surface area contributed by atoms with Crippen LogP contribution in [0.15, 0.2) is 29.6 Å². The minimum absolute atomic E-state index is 0.121. The quantitative estimate of drug-likeness (QED) is 0.725. The third kappa shape index (κ3) is 3.53. The van der Waals surface area contributed by atoms with Gasteiger partial charge in [-0.2, -0.15) is 0 Å². The molecule has 0 aliphatic carbocycles.